The highest BCUT2D eigenvalue weighted by atomic mass is 35.5. The van der Waals surface area contributed by atoms with E-state index in [4.69, 9.17) is 44.3 Å². The van der Waals surface area contributed by atoms with Crippen LogP contribution in [0.3, 0.4) is 0 Å². The molecular weight excluding hydrogens is 274 g/mol. The zero-order valence-electron chi connectivity index (χ0n) is 8.80. The molecule has 0 aromatic rings. The predicted octanol–water partition coefficient (Wildman–Crippen LogP) is 1.77. The van der Waals surface area contributed by atoms with E-state index in [0.717, 1.165) is 6.42 Å². The maximum absolute atomic E-state index is 12.2. The van der Waals surface area contributed by atoms with Gasteiger partial charge in [0.15, 0.2) is 10.7 Å². The lowest BCUT2D eigenvalue weighted by Gasteiger charge is -2.41. The first-order chi connectivity index (χ1) is 7.41. The van der Waals surface area contributed by atoms with Gasteiger partial charge < -0.3 is 9.47 Å². The molecule has 6 heteroatoms. The molecule has 0 radical (unpaired) electrons. The van der Waals surface area contributed by atoms with Crippen LogP contribution in [0, 0.1) is 11.8 Å². The summed E-state index contributed by atoms with van der Waals surface area (Å²) in [5, 5.41) is -0.852. The summed E-state index contributed by atoms with van der Waals surface area (Å²) in [7, 11) is 2.90. The number of alkyl halides is 3. The fourth-order valence-electron chi connectivity index (χ4n) is 3.63. The van der Waals surface area contributed by atoms with Crippen molar-refractivity contribution < 1.29 is 14.3 Å². The molecule has 3 rings (SSSR count). The topological polar surface area (TPSA) is 35.5 Å². The molecule has 0 amide bonds. The number of hydrogen-bond donors (Lipinski definition) is 0. The van der Waals surface area contributed by atoms with Gasteiger partial charge >= 0.3 is 0 Å². The van der Waals surface area contributed by atoms with E-state index in [1.165, 1.54) is 14.2 Å². The van der Waals surface area contributed by atoms with Gasteiger partial charge in [-0.15, -0.1) is 34.8 Å². The summed E-state index contributed by atoms with van der Waals surface area (Å²) in [6.07, 6.45) is 0.816. The van der Waals surface area contributed by atoms with Crippen molar-refractivity contribution in [3.63, 3.8) is 0 Å². The highest BCUT2D eigenvalue weighted by molar-refractivity contribution is 6.52. The van der Waals surface area contributed by atoms with Crippen molar-refractivity contribution in [1.82, 2.24) is 0 Å². The monoisotopic (exact) mass is 284 g/mol. The van der Waals surface area contributed by atoms with Crippen molar-refractivity contribution in [3.05, 3.63) is 0 Å². The van der Waals surface area contributed by atoms with Crippen LogP contribution in [-0.2, 0) is 14.3 Å². The molecule has 3 aliphatic rings. The first kappa shape index (κ1) is 11.5. The van der Waals surface area contributed by atoms with Crippen LogP contribution < -0.4 is 0 Å². The van der Waals surface area contributed by atoms with Crippen molar-refractivity contribution >= 4 is 40.6 Å². The van der Waals surface area contributed by atoms with Gasteiger partial charge in [-0.1, -0.05) is 0 Å². The standard InChI is InChI=1S/C10H11Cl3O3/c1-15-10(16-2)8(12)4-3-5(4)9(10,13)7(14)6(8)11/h4-6H,3H2,1-2H3/t4-,5+,6-,8-,9+/m1/s1. The molecule has 0 N–H and O–H groups in total. The molecule has 3 nitrogen and oxygen atoms in total. The first-order valence-corrected chi connectivity index (χ1v) is 6.27. The molecule has 3 fully saturated rings. The summed E-state index contributed by atoms with van der Waals surface area (Å²) >= 11 is 19.2. The number of carbonyl (C=O) groups excluding carboxylic acids is 1. The highest BCUT2D eigenvalue weighted by Crippen LogP contribution is 2.78. The smallest absolute Gasteiger partial charge is 0.216 e. The normalized spacial score (nSPS) is 56.6. The minimum absolute atomic E-state index is 0.0223. The van der Waals surface area contributed by atoms with Gasteiger partial charge in [0, 0.05) is 14.2 Å². The number of ketones is 1. The van der Waals surface area contributed by atoms with Gasteiger partial charge in [0.05, 0.1) is 0 Å². The lowest BCUT2D eigenvalue weighted by atomic mass is 9.97. The van der Waals surface area contributed by atoms with Crippen LogP contribution in [0.5, 0.6) is 0 Å². The minimum Gasteiger partial charge on any atom is -0.350 e. The first-order valence-electron chi connectivity index (χ1n) is 5.08. The fourth-order valence-corrected chi connectivity index (χ4v) is 5.52. The number of hydrogen-bond acceptors (Lipinski definition) is 3. The second kappa shape index (κ2) is 2.89. The molecule has 0 unspecified atom stereocenters. The molecule has 0 aromatic carbocycles. The molecule has 3 aliphatic carbocycles. The quantitative estimate of drug-likeness (QED) is 0.573. The average Bonchev–Trinajstić information content (AvgIpc) is 3.03. The second-order valence-corrected chi connectivity index (χ2v) is 6.34. The van der Waals surface area contributed by atoms with Crippen LogP contribution in [0.25, 0.3) is 0 Å². The number of rotatable bonds is 2. The molecule has 0 saturated heterocycles. The summed E-state index contributed by atoms with van der Waals surface area (Å²) in [6, 6.07) is 0. The van der Waals surface area contributed by atoms with Gasteiger partial charge in [-0.3, -0.25) is 4.79 Å². The number of ether oxygens (including phenoxy) is 2. The predicted molar refractivity (Wildman–Crippen MR) is 60.2 cm³/mol. The van der Waals surface area contributed by atoms with Crippen LogP contribution in [-0.4, -0.2) is 40.9 Å². The third-order valence-corrected chi connectivity index (χ3v) is 6.47. The van der Waals surface area contributed by atoms with Crippen molar-refractivity contribution in [2.24, 2.45) is 11.8 Å². The number of methoxy groups -OCH3 is 2. The third kappa shape index (κ3) is 0.767. The Hall–Kier alpha value is 0.460. The molecule has 2 bridgehead atoms. The van der Waals surface area contributed by atoms with Crippen LogP contribution in [0.2, 0.25) is 0 Å². The second-order valence-electron chi connectivity index (χ2n) is 4.68. The summed E-state index contributed by atoms with van der Waals surface area (Å²) in [5.74, 6) is -1.45. The summed E-state index contributed by atoms with van der Waals surface area (Å²) in [4.78, 5) is 9.89. The zero-order valence-corrected chi connectivity index (χ0v) is 11.1. The van der Waals surface area contributed by atoms with Gasteiger partial charge in [0.1, 0.15) is 10.3 Å². The van der Waals surface area contributed by atoms with Gasteiger partial charge in [-0.25, -0.2) is 0 Å². The van der Waals surface area contributed by atoms with Crippen LogP contribution in [0.1, 0.15) is 6.42 Å². The summed E-state index contributed by atoms with van der Waals surface area (Å²) in [6.45, 7) is 0. The number of fused-ring (bicyclic) bond motifs is 5. The van der Waals surface area contributed by atoms with E-state index < -0.39 is 20.9 Å². The van der Waals surface area contributed by atoms with Crippen molar-refractivity contribution in [2.45, 2.75) is 27.3 Å². The molecule has 0 aliphatic heterocycles. The maximum atomic E-state index is 12.2. The largest absolute Gasteiger partial charge is 0.350 e. The van der Waals surface area contributed by atoms with Gasteiger partial charge in [0.2, 0.25) is 5.79 Å². The molecule has 0 heterocycles. The number of Topliss-reactive ketones (excluding diaryl/α,β-unsaturated/α-hetero) is 1. The average molecular weight is 286 g/mol. The van der Waals surface area contributed by atoms with Crippen LogP contribution in [0.15, 0.2) is 0 Å². The molecular formula is C10H11Cl3O3. The molecule has 5 atom stereocenters. The minimum atomic E-state index is -1.31. The van der Waals surface area contributed by atoms with Crippen molar-refractivity contribution in [1.29, 1.82) is 0 Å². The van der Waals surface area contributed by atoms with E-state index in [9.17, 15) is 4.79 Å². The Balaban J connectivity index is 2.25. The fraction of sp³-hybridized carbons (Fsp3) is 0.900. The Morgan fingerprint density at radius 2 is 1.81 bits per heavy atom. The Bertz CT molecular complexity index is 384. The van der Waals surface area contributed by atoms with E-state index >= 15 is 0 Å². The molecule has 0 aromatic heterocycles. The van der Waals surface area contributed by atoms with E-state index in [0.29, 0.717) is 0 Å². The van der Waals surface area contributed by atoms with Gasteiger partial charge in [-0.2, -0.15) is 0 Å². The lowest BCUT2D eigenvalue weighted by molar-refractivity contribution is -0.226. The van der Waals surface area contributed by atoms with E-state index in [2.05, 4.69) is 0 Å². The lowest BCUT2D eigenvalue weighted by Crippen LogP contribution is -2.58. The molecule has 16 heavy (non-hydrogen) atoms. The maximum Gasteiger partial charge on any atom is 0.216 e. The molecule has 0 spiro atoms. The summed E-state index contributed by atoms with van der Waals surface area (Å²) < 4.78 is 10.8. The van der Waals surface area contributed by atoms with Crippen LogP contribution >= 0.6 is 34.8 Å². The third-order valence-electron chi connectivity index (χ3n) is 4.36. The van der Waals surface area contributed by atoms with Crippen LogP contribution in [0.4, 0.5) is 0 Å². The van der Waals surface area contributed by atoms with Crippen molar-refractivity contribution in [3.8, 4) is 0 Å². The Morgan fingerprint density at radius 1 is 1.25 bits per heavy atom. The summed E-state index contributed by atoms with van der Waals surface area (Å²) in [5.41, 5.74) is 0. The number of carbonyl (C=O) groups is 1. The zero-order chi connectivity index (χ0) is 11.9. The Morgan fingerprint density at radius 3 is 2.19 bits per heavy atom. The van der Waals surface area contributed by atoms with Crippen molar-refractivity contribution in [2.75, 3.05) is 14.2 Å². The Kier molecular flexibility index (Phi) is 2.08. The highest BCUT2D eigenvalue weighted by Gasteiger charge is 2.93. The number of halogens is 3. The SMILES string of the molecule is COC1(OC)[C@]2(Cl)[C@H](Cl)C(=O)[C@@]1(Cl)[C@H]1C[C@H]12. The van der Waals surface area contributed by atoms with E-state index in [-0.39, 0.29) is 17.6 Å². The molecule has 90 valence electrons. The molecule has 3 saturated carbocycles. The van der Waals surface area contributed by atoms with E-state index in [1.54, 1.807) is 0 Å². The Labute approximate surface area is 108 Å². The van der Waals surface area contributed by atoms with Gasteiger partial charge in [0.25, 0.3) is 0 Å². The van der Waals surface area contributed by atoms with Gasteiger partial charge in [-0.05, 0) is 18.3 Å². The van der Waals surface area contributed by atoms with E-state index in [1.807, 2.05) is 0 Å².